The number of benzene rings is 1. The third-order valence-electron chi connectivity index (χ3n) is 4.61. The molecule has 2 heterocycles. The van der Waals surface area contributed by atoms with E-state index in [1.54, 1.807) is 11.0 Å². The van der Waals surface area contributed by atoms with Gasteiger partial charge in [0.2, 0.25) is 11.8 Å². The summed E-state index contributed by atoms with van der Waals surface area (Å²) >= 11 is 0. The Morgan fingerprint density at radius 2 is 2.04 bits per heavy atom. The van der Waals surface area contributed by atoms with Gasteiger partial charge in [-0.05, 0) is 23.1 Å². The molecule has 2 aromatic rings. The SMILES string of the molecule is CC(C)(C)CN1CCNC(=O)[C@@H]1CC(=O)NCc1ccc(-n2cncn2)cc1. The van der Waals surface area contributed by atoms with Crippen LogP contribution >= 0.6 is 0 Å². The van der Waals surface area contributed by atoms with Gasteiger partial charge in [-0.15, -0.1) is 0 Å². The zero-order chi connectivity index (χ0) is 20.1. The molecule has 8 heteroatoms. The van der Waals surface area contributed by atoms with Gasteiger partial charge in [0.15, 0.2) is 0 Å². The molecule has 1 atom stereocenters. The summed E-state index contributed by atoms with van der Waals surface area (Å²) in [6.45, 7) is 9.01. The van der Waals surface area contributed by atoms with Gasteiger partial charge in [0, 0.05) is 26.2 Å². The first-order valence-corrected chi connectivity index (χ1v) is 9.54. The normalized spacial score (nSPS) is 18.0. The minimum atomic E-state index is -0.414. The van der Waals surface area contributed by atoms with Gasteiger partial charge in [-0.2, -0.15) is 5.10 Å². The molecular weight excluding hydrogens is 356 g/mol. The molecule has 8 nitrogen and oxygen atoms in total. The Hall–Kier alpha value is -2.74. The van der Waals surface area contributed by atoms with Crippen LogP contribution in [0.3, 0.4) is 0 Å². The van der Waals surface area contributed by atoms with E-state index >= 15 is 0 Å². The first-order chi connectivity index (χ1) is 13.3. The van der Waals surface area contributed by atoms with Crippen molar-refractivity contribution in [1.29, 1.82) is 0 Å². The number of nitrogens with zero attached hydrogens (tertiary/aromatic N) is 4. The number of hydrogen-bond donors (Lipinski definition) is 2. The second kappa shape index (κ2) is 8.52. The van der Waals surface area contributed by atoms with Crippen LogP contribution in [0.15, 0.2) is 36.9 Å². The molecule has 150 valence electrons. The fourth-order valence-corrected chi connectivity index (χ4v) is 3.34. The minimum absolute atomic E-state index is 0.0668. The molecule has 1 aliphatic heterocycles. The Morgan fingerprint density at radius 3 is 2.68 bits per heavy atom. The van der Waals surface area contributed by atoms with Crippen LogP contribution in [0.1, 0.15) is 32.8 Å². The van der Waals surface area contributed by atoms with Crippen LogP contribution in [0.2, 0.25) is 0 Å². The second-order valence-electron chi connectivity index (χ2n) is 8.33. The fraction of sp³-hybridized carbons (Fsp3) is 0.500. The van der Waals surface area contributed by atoms with Crippen molar-refractivity contribution in [2.75, 3.05) is 19.6 Å². The van der Waals surface area contributed by atoms with E-state index in [-0.39, 0.29) is 23.7 Å². The number of rotatable bonds is 6. The highest BCUT2D eigenvalue weighted by Gasteiger charge is 2.33. The van der Waals surface area contributed by atoms with E-state index in [4.69, 9.17) is 0 Å². The van der Waals surface area contributed by atoms with Crippen molar-refractivity contribution in [3.05, 3.63) is 42.5 Å². The number of hydrogen-bond acceptors (Lipinski definition) is 5. The molecule has 1 fully saturated rings. The maximum atomic E-state index is 12.5. The van der Waals surface area contributed by atoms with Crippen LogP contribution in [0.4, 0.5) is 0 Å². The molecule has 0 bridgehead atoms. The van der Waals surface area contributed by atoms with Crippen molar-refractivity contribution in [2.45, 2.75) is 39.8 Å². The van der Waals surface area contributed by atoms with Crippen LogP contribution in [0.25, 0.3) is 5.69 Å². The minimum Gasteiger partial charge on any atom is -0.353 e. The van der Waals surface area contributed by atoms with Gasteiger partial charge in [-0.3, -0.25) is 14.5 Å². The van der Waals surface area contributed by atoms with Gasteiger partial charge < -0.3 is 10.6 Å². The van der Waals surface area contributed by atoms with Gasteiger partial charge in [-0.25, -0.2) is 9.67 Å². The molecule has 28 heavy (non-hydrogen) atoms. The predicted molar refractivity (Wildman–Crippen MR) is 106 cm³/mol. The van der Waals surface area contributed by atoms with Crippen molar-refractivity contribution < 1.29 is 9.59 Å². The summed E-state index contributed by atoms with van der Waals surface area (Å²) in [5.41, 5.74) is 1.96. The van der Waals surface area contributed by atoms with Crippen LogP contribution in [0, 0.1) is 5.41 Å². The maximum absolute atomic E-state index is 12.5. The third-order valence-corrected chi connectivity index (χ3v) is 4.61. The summed E-state index contributed by atoms with van der Waals surface area (Å²) in [5, 5.41) is 9.88. The standard InChI is InChI=1S/C20H28N6O2/c1-20(2,3)12-25-9-8-22-19(28)17(25)10-18(27)23-11-15-4-6-16(7-5-15)26-14-21-13-24-26/h4-7,13-14,17H,8-12H2,1-3H3,(H,22,28)(H,23,27)/t17-/m0/s1. The van der Waals surface area contributed by atoms with E-state index in [2.05, 4.69) is 46.4 Å². The van der Waals surface area contributed by atoms with Crippen LogP contribution < -0.4 is 10.6 Å². The zero-order valence-electron chi connectivity index (χ0n) is 16.7. The molecular formula is C20H28N6O2. The van der Waals surface area contributed by atoms with Crippen LogP contribution in [-0.4, -0.2) is 57.2 Å². The van der Waals surface area contributed by atoms with E-state index in [1.165, 1.54) is 6.33 Å². The summed E-state index contributed by atoms with van der Waals surface area (Å²) < 4.78 is 1.67. The zero-order valence-corrected chi connectivity index (χ0v) is 16.7. The lowest BCUT2D eigenvalue weighted by Crippen LogP contribution is -2.58. The van der Waals surface area contributed by atoms with Gasteiger partial charge in [0.05, 0.1) is 18.2 Å². The van der Waals surface area contributed by atoms with Crippen LogP contribution in [-0.2, 0) is 16.1 Å². The monoisotopic (exact) mass is 384 g/mol. The number of aromatic nitrogens is 3. The number of carbonyl (C=O) groups excluding carboxylic acids is 2. The largest absolute Gasteiger partial charge is 0.353 e. The maximum Gasteiger partial charge on any atom is 0.237 e. The van der Waals surface area contributed by atoms with E-state index in [9.17, 15) is 9.59 Å². The summed E-state index contributed by atoms with van der Waals surface area (Å²) in [6.07, 6.45) is 3.28. The first-order valence-electron chi connectivity index (χ1n) is 9.54. The Kier molecular flexibility index (Phi) is 6.08. The average molecular weight is 384 g/mol. The van der Waals surface area contributed by atoms with Crippen molar-refractivity contribution in [3.8, 4) is 5.69 Å². The molecule has 3 rings (SSSR count). The lowest BCUT2D eigenvalue weighted by Gasteiger charge is -2.38. The quantitative estimate of drug-likeness (QED) is 0.779. The van der Waals surface area contributed by atoms with Crippen molar-refractivity contribution in [1.82, 2.24) is 30.3 Å². The molecule has 0 unspecified atom stereocenters. The molecule has 1 aromatic carbocycles. The van der Waals surface area contributed by atoms with E-state index in [1.807, 2.05) is 24.3 Å². The molecule has 2 N–H and O–H groups in total. The Morgan fingerprint density at radius 1 is 1.29 bits per heavy atom. The lowest BCUT2D eigenvalue weighted by molar-refractivity contribution is -0.134. The van der Waals surface area contributed by atoms with Crippen molar-refractivity contribution >= 4 is 11.8 Å². The van der Waals surface area contributed by atoms with E-state index in [0.717, 1.165) is 24.3 Å². The molecule has 1 saturated heterocycles. The highest BCUT2D eigenvalue weighted by molar-refractivity contribution is 5.88. The summed E-state index contributed by atoms with van der Waals surface area (Å²) in [6, 6.07) is 7.32. The molecule has 2 amide bonds. The highest BCUT2D eigenvalue weighted by atomic mass is 16.2. The fourth-order valence-electron chi connectivity index (χ4n) is 3.34. The Balaban J connectivity index is 1.54. The third kappa shape index (κ3) is 5.39. The molecule has 0 radical (unpaired) electrons. The topological polar surface area (TPSA) is 92.2 Å². The molecule has 1 aromatic heterocycles. The number of nitrogens with one attached hydrogen (secondary N) is 2. The first kappa shape index (κ1) is 20.0. The highest BCUT2D eigenvalue weighted by Crippen LogP contribution is 2.19. The molecule has 0 aliphatic carbocycles. The van der Waals surface area contributed by atoms with Crippen molar-refractivity contribution in [2.24, 2.45) is 5.41 Å². The molecule has 0 spiro atoms. The Labute approximate surface area is 165 Å². The molecule has 0 saturated carbocycles. The number of piperazine rings is 1. The Bertz CT molecular complexity index is 795. The number of carbonyl (C=O) groups is 2. The van der Waals surface area contributed by atoms with Gasteiger partial charge >= 0.3 is 0 Å². The average Bonchev–Trinajstić information content (AvgIpc) is 3.17. The van der Waals surface area contributed by atoms with Gasteiger partial charge in [0.1, 0.15) is 12.7 Å². The van der Waals surface area contributed by atoms with E-state index in [0.29, 0.717) is 13.1 Å². The van der Waals surface area contributed by atoms with E-state index < -0.39 is 6.04 Å². The summed E-state index contributed by atoms with van der Waals surface area (Å²) in [4.78, 5) is 30.8. The smallest absolute Gasteiger partial charge is 0.237 e. The van der Waals surface area contributed by atoms with Gasteiger partial charge in [0.25, 0.3) is 0 Å². The van der Waals surface area contributed by atoms with Crippen LogP contribution in [0.5, 0.6) is 0 Å². The number of amides is 2. The second-order valence-corrected chi connectivity index (χ2v) is 8.33. The summed E-state index contributed by atoms with van der Waals surface area (Å²) in [5.74, 6) is -0.191. The summed E-state index contributed by atoms with van der Waals surface area (Å²) in [7, 11) is 0. The lowest BCUT2D eigenvalue weighted by atomic mass is 9.94. The van der Waals surface area contributed by atoms with Crippen molar-refractivity contribution in [3.63, 3.8) is 0 Å². The van der Waals surface area contributed by atoms with Gasteiger partial charge in [-0.1, -0.05) is 32.9 Å². The predicted octanol–water partition coefficient (Wildman–Crippen LogP) is 1.12. The molecule has 1 aliphatic rings.